The van der Waals surface area contributed by atoms with Crippen LogP contribution in [-0.2, 0) is 6.54 Å². The molecule has 1 atom stereocenters. The van der Waals surface area contributed by atoms with Gasteiger partial charge in [0.2, 0.25) is 5.95 Å². The minimum Gasteiger partial charge on any atom is -0.348 e. The summed E-state index contributed by atoms with van der Waals surface area (Å²) in [5, 5.41) is 5.39. The Kier molecular flexibility index (Phi) is 5.11. The van der Waals surface area contributed by atoms with Gasteiger partial charge in [-0.3, -0.25) is 19.4 Å². The molecular formula is C21H24N6O3. The Morgan fingerprint density at radius 1 is 1.23 bits per heavy atom. The molecule has 0 aliphatic carbocycles. The lowest BCUT2D eigenvalue weighted by atomic mass is 10.0. The lowest BCUT2D eigenvalue weighted by molar-refractivity contribution is 0.0784. The fraction of sp³-hybridized carbons (Fsp3) is 0.381. The zero-order valence-electron chi connectivity index (χ0n) is 17.3. The fourth-order valence-corrected chi connectivity index (χ4v) is 3.83. The van der Waals surface area contributed by atoms with Crippen molar-refractivity contribution in [3.05, 3.63) is 62.4 Å². The third kappa shape index (κ3) is 3.47. The van der Waals surface area contributed by atoms with E-state index in [1.54, 1.807) is 34.1 Å². The van der Waals surface area contributed by atoms with Crippen molar-refractivity contribution >= 4 is 22.6 Å². The Morgan fingerprint density at radius 3 is 2.67 bits per heavy atom. The molecule has 3 heterocycles. The van der Waals surface area contributed by atoms with E-state index in [-0.39, 0.29) is 28.6 Å². The number of H-pyrrole nitrogens is 1. The molecule has 9 nitrogen and oxygen atoms in total. The first-order valence-electron chi connectivity index (χ1n) is 9.96. The number of anilines is 1. The second-order valence-corrected chi connectivity index (χ2v) is 7.64. The summed E-state index contributed by atoms with van der Waals surface area (Å²) in [6.07, 6.45) is 0.709. The maximum atomic E-state index is 13.3. The van der Waals surface area contributed by atoms with E-state index >= 15 is 0 Å². The Labute approximate surface area is 173 Å². The van der Waals surface area contributed by atoms with Crippen molar-refractivity contribution in [2.75, 3.05) is 32.1 Å². The molecule has 0 spiro atoms. The number of rotatable bonds is 4. The summed E-state index contributed by atoms with van der Waals surface area (Å²) in [5.74, 6) is 0.247. The molecule has 1 fully saturated rings. The summed E-state index contributed by atoms with van der Waals surface area (Å²) < 4.78 is 1.32. The highest BCUT2D eigenvalue weighted by Gasteiger charge is 2.31. The van der Waals surface area contributed by atoms with Gasteiger partial charge < -0.3 is 9.80 Å². The lowest BCUT2D eigenvalue weighted by Gasteiger charge is -2.18. The van der Waals surface area contributed by atoms with E-state index in [0.29, 0.717) is 48.5 Å². The number of aryl methyl sites for hydroxylation is 1. The van der Waals surface area contributed by atoms with Gasteiger partial charge in [-0.25, -0.2) is 9.67 Å². The molecule has 0 bridgehead atoms. The predicted molar refractivity (Wildman–Crippen MR) is 114 cm³/mol. The molecule has 156 valence electrons. The van der Waals surface area contributed by atoms with Crippen LogP contribution in [0.1, 0.15) is 35.4 Å². The number of aromatic amines is 1. The zero-order valence-corrected chi connectivity index (χ0v) is 17.3. The number of benzene rings is 1. The molecule has 1 N–H and O–H groups in total. The van der Waals surface area contributed by atoms with Crippen molar-refractivity contribution in [1.29, 1.82) is 0 Å². The van der Waals surface area contributed by atoms with E-state index in [9.17, 15) is 14.4 Å². The summed E-state index contributed by atoms with van der Waals surface area (Å²) in [7, 11) is 3.62. The number of hydrogen-bond donors (Lipinski definition) is 1. The maximum absolute atomic E-state index is 13.3. The number of amides is 1. The van der Waals surface area contributed by atoms with Gasteiger partial charge in [0.05, 0.1) is 11.1 Å². The van der Waals surface area contributed by atoms with E-state index in [0.717, 1.165) is 0 Å². The summed E-state index contributed by atoms with van der Waals surface area (Å²) >= 11 is 0. The minimum atomic E-state index is -0.214. The van der Waals surface area contributed by atoms with Gasteiger partial charge in [-0.2, -0.15) is 5.10 Å². The normalized spacial score (nSPS) is 16.2. The highest BCUT2D eigenvalue weighted by atomic mass is 16.2. The molecule has 1 aromatic carbocycles. The van der Waals surface area contributed by atoms with Crippen LogP contribution in [0.15, 0.2) is 39.9 Å². The number of hydrogen-bond acceptors (Lipinski definition) is 6. The highest BCUT2D eigenvalue weighted by Crippen LogP contribution is 2.27. The van der Waals surface area contributed by atoms with Crippen LogP contribution in [0, 0.1) is 0 Å². The molecule has 3 aromatic rings. The van der Waals surface area contributed by atoms with Crippen molar-refractivity contribution in [2.24, 2.45) is 0 Å². The summed E-state index contributed by atoms with van der Waals surface area (Å²) in [5.41, 5.74) is 0.540. The van der Waals surface area contributed by atoms with Crippen LogP contribution in [0.2, 0.25) is 0 Å². The lowest BCUT2D eigenvalue weighted by Crippen LogP contribution is -2.33. The van der Waals surface area contributed by atoms with E-state index < -0.39 is 0 Å². The van der Waals surface area contributed by atoms with Gasteiger partial charge in [0, 0.05) is 51.1 Å². The predicted octanol–water partition coefficient (Wildman–Crippen LogP) is 1.20. The van der Waals surface area contributed by atoms with Crippen LogP contribution >= 0.6 is 0 Å². The first kappa shape index (κ1) is 19.8. The average Bonchev–Trinajstić information content (AvgIpc) is 3.24. The number of fused-ring (bicyclic) bond motifs is 1. The summed E-state index contributed by atoms with van der Waals surface area (Å²) in [4.78, 5) is 48.6. The van der Waals surface area contributed by atoms with E-state index in [1.807, 2.05) is 21.0 Å². The van der Waals surface area contributed by atoms with Gasteiger partial charge in [0.1, 0.15) is 0 Å². The average molecular weight is 408 g/mol. The quantitative estimate of drug-likeness (QED) is 0.696. The van der Waals surface area contributed by atoms with Gasteiger partial charge in [0.15, 0.2) is 5.69 Å². The maximum Gasteiger partial charge on any atom is 0.274 e. The third-order valence-corrected chi connectivity index (χ3v) is 5.44. The van der Waals surface area contributed by atoms with Crippen LogP contribution in [0.25, 0.3) is 10.8 Å². The second-order valence-electron chi connectivity index (χ2n) is 7.64. The van der Waals surface area contributed by atoms with E-state index in [2.05, 4.69) is 15.1 Å². The Hall–Kier alpha value is -3.49. The van der Waals surface area contributed by atoms with Crippen LogP contribution in [0.3, 0.4) is 0 Å². The Bertz CT molecular complexity index is 1230. The Balaban J connectivity index is 1.66. The Morgan fingerprint density at radius 2 is 1.97 bits per heavy atom. The summed E-state index contributed by atoms with van der Waals surface area (Å²) in [6.45, 7) is 3.20. The van der Waals surface area contributed by atoms with E-state index in [1.165, 1.54) is 10.7 Å². The zero-order chi connectivity index (χ0) is 21.4. The van der Waals surface area contributed by atoms with Crippen LogP contribution in [0.4, 0.5) is 5.95 Å². The number of nitrogens with one attached hydrogen (secondary N) is 1. The van der Waals surface area contributed by atoms with Crippen LogP contribution in [0.5, 0.6) is 0 Å². The van der Waals surface area contributed by atoms with Crippen molar-refractivity contribution in [2.45, 2.75) is 25.8 Å². The first-order chi connectivity index (χ1) is 14.4. The van der Waals surface area contributed by atoms with Gasteiger partial charge in [-0.15, -0.1) is 0 Å². The molecule has 0 saturated carbocycles. The number of likely N-dealkylation sites (tertiary alicyclic amines) is 1. The fourth-order valence-electron chi connectivity index (χ4n) is 3.83. The SMILES string of the molecule is CCn1nc(C(=O)N2CCC(c3cc(=O)[nH]c(N(C)C)n3)C2)c2ccccc2c1=O. The molecule has 1 unspecified atom stereocenters. The van der Waals surface area contributed by atoms with Crippen molar-refractivity contribution in [1.82, 2.24) is 24.6 Å². The van der Waals surface area contributed by atoms with Gasteiger partial charge in [-0.1, -0.05) is 18.2 Å². The number of carbonyl (C=O) groups is 1. The molecule has 1 aliphatic heterocycles. The summed E-state index contributed by atoms with van der Waals surface area (Å²) in [6, 6.07) is 8.55. The molecule has 1 aliphatic rings. The third-order valence-electron chi connectivity index (χ3n) is 5.44. The molecule has 1 saturated heterocycles. The molecule has 2 aromatic heterocycles. The minimum absolute atomic E-state index is 0.0294. The topological polar surface area (TPSA) is 104 Å². The van der Waals surface area contributed by atoms with Crippen molar-refractivity contribution in [3.63, 3.8) is 0 Å². The van der Waals surface area contributed by atoms with E-state index in [4.69, 9.17) is 0 Å². The van der Waals surface area contributed by atoms with Gasteiger partial charge in [-0.05, 0) is 19.4 Å². The highest BCUT2D eigenvalue weighted by molar-refractivity contribution is 6.04. The number of aromatic nitrogens is 4. The molecule has 9 heteroatoms. The van der Waals surface area contributed by atoms with Crippen LogP contribution in [-0.4, -0.2) is 57.7 Å². The van der Waals surface area contributed by atoms with Crippen molar-refractivity contribution in [3.8, 4) is 0 Å². The molecular weight excluding hydrogens is 384 g/mol. The van der Waals surface area contributed by atoms with Gasteiger partial charge in [0.25, 0.3) is 17.0 Å². The monoisotopic (exact) mass is 408 g/mol. The largest absolute Gasteiger partial charge is 0.348 e. The molecule has 1 amide bonds. The smallest absolute Gasteiger partial charge is 0.274 e. The standard InChI is InChI=1S/C21H24N6O3/c1-4-27-19(29)15-8-6-5-7-14(15)18(24-27)20(30)26-10-9-13(12-26)16-11-17(28)23-21(22-16)25(2)3/h5-8,11,13H,4,9-10,12H2,1-3H3,(H,22,23,28). The van der Waals surface area contributed by atoms with Gasteiger partial charge >= 0.3 is 0 Å². The second kappa shape index (κ2) is 7.74. The number of carbonyl (C=O) groups excluding carboxylic acids is 1. The first-order valence-corrected chi connectivity index (χ1v) is 9.96. The molecule has 0 radical (unpaired) electrons. The van der Waals surface area contributed by atoms with Crippen molar-refractivity contribution < 1.29 is 4.79 Å². The molecule has 30 heavy (non-hydrogen) atoms. The van der Waals surface area contributed by atoms with Crippen LogP contribution < -0.4 is 16.0 Å². The number of nitrogens with zero attached hydrogens (tertiary/aromatic N) is 5. The molecule has 4 rings (SSSR count).